The molecule has 0 saturated heterocycles. The third-order valence-corrected chi connectivity index (χ3v) is 4.76. The predicted molar refractivity (Wildman–Crippen MR) is 107 cm³/mol. The van der Waals surface area contributed by atoms with Crippen molar-refractivity contribution < 1.29 is 9.90 Å². The van der Waals surface area contributed by atoms with Gasteiger partial charge in [0.25, 0.3) is 11.5 Å². The van der Waals surface area contributed by atoms with Gasteiger partial charge < -0.3 is 15.0 Å². The molecule has 140 valence electrons. The number of hydrogen-bond acceptors (Lipinski definition) is 3. The largest absolute Gasteiger partial charge is 0.506 e. The number of para-hydroxylation sites is 1. The quantitative estimate of drug-likeness (QED) is 0.694. The highest BCUT2D eigenvalue weighted by Gasteiger charge is 2.23. The molecule has 1 unspecified atom stereocenters. The van der Waals surface area contributed by atoms with E-state index in [9.17, 15) is 14.7 Å². The zero-order valence-corrected chi connectivity index (χ0v) is 15.6. The molecule has 1 atom stereocenters. The van der Waals surface area contributed by atoms with E-state index in [1.807, 2.05) is 50.2 Å². The van der Waals surface area contributed by atoms with Crippen LogP contribution in [-0.2, 0) is 6.54 Å². The van der Waals surface area contributed by atoms with Gasteiger partial charge in [-0.15, -0.1) is 0 Å². The summed E-state index contributed by atoms with van der Waals surface area (Å²) in [5.41, 5.74) is 0.906. The average molecular weight is 364 g/mol. The summed E-state index contributed by atoms with van der Waals surface area (Å²) < 4.78 is 1.58. The summed E-state index contributed by atoms with van der Waals surface area (Å²) in [4.78, 5) is 25.9. The van der Waals surface area contributed by atoms with E-state index in [1.165, 1.54) is 0 Å². The number of unbranched alkanes of at least 4 members (excludes halogenated alkanes) is 1. The van der Waals surface area contributed by atoms with Gasteiger partial charge in [0.2, 0.25) is 0 Å². The third-order valence-electron chi connectivity index (χ3n) is 4.76. The van der Waals surface area contributed by atoms with Crippen LogP contribution in [0.4, 0.5) is 0 Å². The first kappa shape index (κ1) is 18.7. The summed E-state index contributed by atoms with van der Waals surface area (Å²) in [6.07, 6.45) is 1.74. The summed E-state index contributed by atoms with van der Waals surface area (Å²) in [5.74, 6) is -0.828. The van der Waals surface area contributed by atoms with Crippen LogP contribution >= 0.6 is 0 Å². The number of aromatic nitrogens is 1. The van der Waals surface area contributed by atoms with Gasteiger partial charge in [0.15, 0.2) is 0 Å². The number of rotatable bonds is 6. The maximum Gasteiger partial charge on any atom is 0.267 e. The molecule has 0 fully saturated rings. The Morgan fingerprint density at radius 3 is 2.48 bits per heavy atom. The van der Waals surface area contributed by atoms with Crippen LogP contribution in [-0.4, -0.2) is 15.6 Å². The molecule has 1 amide bonds. The van der Waals surface area contributed by atoms with Crippen molar-refractivity contribution in [2.75, 3.05) is 0 Å². The number of benzene rings is 2. The highest BCUT2D eigenvalue weighted by molar-refractivity contribution is 6.02. The zero-order chi connectivity index (χ0) is 19.4. The molecule has 0 aliphatic carbocycles. The van der Waals surface area contributed by atoms with Crippen molar-refractivity contribution in [3.05, 3.63) is 76.1 Å². The van der Waals surface area contributed by atoms with E-state index < -0.39 is 11.5 Å². The van der Waals surface area contributed by atoms with E-state index in [1.54, 1.807) is 22.8 Å². The molecule has 0 radical (unpaired) electrons. The first-order valence-electron chi connectivity index (χ1n) is 9.25. The van der Waals surface area contributed by atoms with Gasteiger partial charge in [-0.3, -0.25) is 9.59 Å². The van der Waals surface area contributed by atoms with Crippen molar-refractivity contribution in [2.45, 2.75) is 39.3 Å². The molecule has 0 saturated carbocycles. The van der Waals surface area contributed by atoms with Crippen molar-refractivity contribution in [3.63, 3.8) is 0 Å². The van der Waals surface area contributed by atoms with Gasteiger partial charge in [-0.25, -0.2) is 0 Å². The molecule has 2 N–H and O–H groups in total. The summed E-state index contributed by atoms with van der Waals surface area (Å²) in [7, 11) is 0. The molecule has 0 bridgehead atoms. The van der Waals surface area contributed by atoms with Crippen LogP contribution in [0.25, 0.3) is 10.9 Å². The number of nitrogens with zero attached hydrogens (tertiary/aromatic N) is 1. The molecule has 0 spiro atoms. The number of hydrogen-bond donors (Lipinski definition) is 2. The van der Waals surface area contributed by atoms with E-state index in [0.29, 0.717) is 17.4 Å². The van der Waals surface area contributed by atoms with Gasteiger partial charge in [0.05, 0.1) is 11.6 Å². The van der Waals surface area contributed by atoms with Crippen molar-refractivity contribution >= 4 is 16.8 Å². The van der Waals surface area contributed by atoms with Gasteiger partial charge in [0.1, 0.15) is 11.3 Å². The number of pyridine rings is 1. The van der Waals surface area contributed by atoms with E-state index in [0.717, 1.165) is 18.4 Å². The maximum atomic E-state index is 13.0. The first-order valence-corrected chi connectivity index (χ1v) is 9.25. The number of fused-ring (bicyclic) bond motifs is 1. The summed E-state index contributed by atoms with van der Waals surface area (Å²) >= 11 is 0. The fourth-order valence-electron chi connectivity index (χ4n) is 3.23. The fraction of sp³-hybridized carbons (Fsp3) is 0.273. The minimum atomic E-state index is -0.565. The van der Waals surface area contributed by atoms with E-state index in [-0.39, 0.29) is 17.4 Å². The SMILES string of the molecule is CCCCn1c(=O)c(C(=O)NC(C)c2ccccc2)c(O)c2ccccc21. The highest BCUT2D eigenvalue weighted by atomic mass is 16.3. The van der Waals surface area contributed by atoms with E-state index in [2.05, 4.69) is 5.32 Å². The lowest BCUT2D eigenvalue weighted by molar-refractivity contribution is 0.0935. The second-order valence-electron chi connectivity index (χ2n) is 6.66. The molecule has 1 heterocycles. The Morgan fingerprint density at radius 1 is 1.11 bits per heavy atom. The van der Waals surface area contributed by atoms with Crippen LogP contribution in [0.3, 0.4) is 0 Å². The lowest BCUT2D eigenvalue weighted by Crippen LogP contribution is -2.34. The lowest BCUT2D eigenvalue weighted by Gasteiger charge is -2.17. The molecule has 0 aliphatic heterocycles. The van der Waals surface area contributed by atoms with Crippen molar-refractivity contribution in [3.8, 4) is 5.75 Å². The molecule has 1 aromatic heterocycles. The van der Waals surface area contributed by atoms with Crippen molar-refractivity contribution in [2.24, 2.45) is 0 Å². The molecule has 3 rings (SSSR count). The Kier molecular flexibility index (Phi) is 5.60. The molecular weight excluding hydrogens is 340 g/mol. The average Bonchev–Trinajstić information content (AvgIpc) is 2.68. The normalized spacial score (nSPS) is 12.1. The van der Waals surface area contributed by atoms with Gasteiger partial charge in [-0.2, -0.15) is 0 Å². The van der Waals surface area contributed by atoms with Crippen LogP contribution in [0.1, 0.15) is 48.7 Å². The standard InChI is InChI=1S/C22H24N2O3/c1-3-4-14-24-18-13-9-8-12-17(18)20(25)19(22(24)27)21(26)23-15(2)16-10-6-5-7-11-16/h5-13,15,25H,3-4,14H2,1-2H3,(H,23,26). The summed E-state index contributed by atoms with van der Waals surface area (Å²) in [6, 6.07) is 16.3. The van der Waals surface area contributed by atoms with Crippen LogP contribution in [0.2, 0.25) is 0 Å². The molecular formula is C22H24N2O3. The van der Waals surface area contributed by atoms with Crippen LogP contribution in [0.5, 0.6) is 5.75 Å². The number of aryl methyl sites for hydroxylation is 1. The van der Waals surface area contributed by atoms with E-state index >= 15 is 0 Å². The first-order chi connectivity index (χ1) is 13.0. The molecule has 3 aromatic rings. The Morgan fingerprint density at radius 2 is 1.78 bits per heavy atom. The van der Waals surface area contributed by atoms with Gasteiger partial charge >= 0.3 is 0 Å². The second kappa shape index (κ2) is 8.08. The van der Waals surface area contributed by atoms with E-state index in [4.69, 9.17) is 0 Å². The Hall–Kier alpha value is -3.08. The minimum Gasteiger partial charge on any atom is -0.506 e. The fourth-order valence-corrected chi connectivity index (χ4v) is 3.23. The van der Waals surface area contributed by atoms with Crippen LogP contribution in [0.15, 0.2) is 59.4 Å². The Labute approximate surface area is 158 Å². The predicted octanol–water partition coefficient (Wildman–Crippen LogP) is 4.00. The number of amides is 1. The number of carbonyl (C=O) groups is 1. The molecule has 5 nitrogen and oxygen atoms in total. The highest BCUT2D eigenvalue weighted by Crippen LogP contribution is 2.27. The molecule has 5 heteroatoms. The van der Waals surface area contributed by atoms with Crippen molar-refractivity contribution in [1.82, 2.24) is 9.88 Å². The Balaban J connectivity index is 2.05. The van der Waals surface area contributed by atoms with Gasteiger partial charge in [-0.1, -0.05) is 55.8 Å². The Bertz CT molecular complexity index is 1010. The summed E-state index contributed by atoms with van der Waals surface area (Å²) in [6.45, 7) is 4.40. The van der Waals surface area contributed by atoms with Crippen LogP contribution < -0.4 is 10.9 Å². The van der Waals surface area contributed by atoms with Gasteiger partial charge in [-0.05, 0) is 31.0 Å². The number of aromatic hydroxyl groups is 1. The maximum absolute atomic E-state index is 13.0. The lowest BCUT2D eigenvalue weighted by atomic mass is 10.1. The summed E-state index contributed by atoms with van der Waals surface area (Å²) in [5, 5.41) is 14.0. The smallest absolute Gasteiger partial charge is 0.267 e. The number of nitrogens with one attached hydrogen (secondary N) is 1. The molecule has 27 heavy (non-hydrogen) atoms. The number of carbonyl (C=O) groups excluding carboxylic acids is 1. The molecule has 2 aromatic carbocycles. The monoisotopic (exact) mass is 364 g/mol. The zero-order valence-electron chi connectivity index (χ0n) is 15.6. The van der Waals surface area contributed by atoms with Crippen molar-refractivity contribution in [1.29, 1.82) is 0 Å². The van der Waals surface area contributed by atoms with Gasteiger partial charge in [0, 0.05) is 11.9 Å². The molecule has 0 aliphatic rings. The third kappa shape index (κ3) is 3.72. The van der Waals surface area contributed by atoms with Crippen LogP contribution in [0, 0.1) is 0 Å². The topological polar surface area (TPSA) is 71.3 Å². The second-order valence-corrected chi connectivity index (χ2v) is 6.66. The minimum absolute atomic E-state index is 0.201.